The first-order valence-corrected chi connectivity index (χ1v) is 12.8. The van der Waals surface area contributed by atoms with Crippen molar-refractivity contribution in [1.82, 2.24) is 4.57 Å². The highest BCUT2D eigenvalue weighted by Gasteiger charge is 2.33. The molecule has 0 saturated heterocycles. The molecule has 3 aromatic rings. The number of benzene rings is 2. The van der Waals surface area contributed by atoms with E-state index < -0.39 is 12.0 Å². The highest BCUT2D eigenvalue weighted by Crippen LogP contribution is 2.30. The second-order valence-electron chi connectivity index (χ2n) is 8.48. The Morgan fingerprint density at radius 1 is 1.06 bits per heavy atom. The Bertz CT molecular complexity index is 1430. The van der Waals surface area contributed by atoms with E-state index in [9.17, 15) is 9.59 Å². The maximum Gasteiger partial charge on any atom is 0.338 e. The van der Waals surface area contributed by atoms with Gasteiger partial charge < -0.3 is 9.64 Å². The number of allylic oxidation sites excluding steroid dienone is 1. The Morgan fingerprint density at radius 3 is 2.31 bits per heavy atom. The number of nitrogens with zero attached hydrogens (tertiary/aromatic N) is 3. The number of hydrogen-bond acceptors (Lipinski definition) is 6. The molecule has 1 unspecified atom stereocenters. The Morgan fingerprint density at radius 2 is 1.71 bits per heavy atom. The zero-order chi connectivity index (χ0) is 25.1. The summed E-state index contributed by atoms with van der Waals surface area (Å²) >= 11 is 1.34. The Kier molecular flexibility index (Phi) is 7.36. The number of carbonyl (C=O) groups is 1. The highest BCUT2D eigenvalue weighted by molar-refractivity contribution is 7.07. The maximum atomic E-state index is 13.7. The maximum absolute atomic E-state index is 13.7. The number of rotatable bonds is 7. The molecular formula is C28H31N3O3S. The third-order valence-electron chi connectivity index (χ3n) is 6.23. The van der Waals surface area contributed by atoms with Crippen LogP contribution in [0.5, 0.6) is 0 Å². The monoisotopic (exact) mass is 489 g/mol. The SMILES string of the molecule is CCOC(=O)C1=C(C)N=c2sc(=Cc3ccc(N(CC)CC)cc3)c(=O)n2C1c1ccc(C)cc1. The zero-order valence-corrected chi connectivity index (χ0v) is 21.7. The first-order valence-electron chi connectivity index (χ1n) is 12.0. The van der Waals surface area contributed by atoms with Crippen molar-refractivity contribution in [3.05, 3.63) is 96.2 Å². The molecular weight excluding hydrogens is 458 g/mol. The van der Waals surface area contributed by atoms with Crippen molar-refractivity contribution >= 4 is 29.1 Å². The fourth-order valence-electron chi connectivity index (χ4n) is 4.38. The lowest BCUT2D eigenvalue weighted by molar-refractivity contribution is -0.139. The molecule has 6 nitrogen and oxygen atoms in total. The fraction of sp³-hybridized carbons (Fsp3) is 0.321. The Balaban J connectivity index is 1.85. The molecule has 1 aliphatic heterocycles. The van der Waals surface area contributed by atoms with E-state index in [-0.39, 0.29) is 12.2 Å². The summed E-state index contributed by atoms with van der Waals surface area (Å²) in [4.78, 5) is 34.1. The molecule has 0 saturated carbocycles. The first-order chi connectivity index (χ1) is 16.9. The summed E-state index contributed by atoms with van der Waals surface area (Å²) in [5, 5.41) is 0. The molecule has 1 aliphatic rings. The van der Waals surface area contributed by atoms with Gasteiger partial charge in [0.15, 0.2) is 4.80 Å². The lowest BCUT2D eigenvalue weighted by Crippen LogP contribution is -2.39. The second-order valence-corrected chi connectivity index (χ2v) is 9.49. The Labute approximate surface area is 209 Å². The molecule has 0 bridgehead atoms. The summed E-state index contributed by atoms with van der Waals surface area (Å²) < 4.78 is 7.56. The second kappa shape index (κ2) is 10.4. The van der Waals surface area contributed by atoms with Gasteiger partial charge in [-0.15, -0.1) is 0 Å². The van der Waals surface area contributed by atoms with E-state index in [1.807, 2.05) is 49.4 Å². The summed E-state index contributed by atoms with van der Waals surface area (Å²) in [6, 6.07) is 15.5. The van der Waals surface area contributed by atoms with Crippen LogP contribution in [0.2, 0.25) is 0 Å². The molecule has 2 aromatic carbocycles. The molecule has 182 valence electrons. The van der Waals surface area contributed by atoms with E-state index in [1.165, 1.54) is 11.3 Å². The quantitative estimate of drug-likeness (QED) is 0.472. The van der Waals surface area contributed by atoms with E-state index in [1.54, 1.807) is 18.4 Å². The van der Waals surface area contributed by atoms with Crippen LogP contribution < -0.4 is 19.8 Å². The molecule has 0 N–H and O–H groups in total. The smallest absolute Gasteiger partial charge is 0.338 e. The average molecular weight is 490 g/mol. The molecule has 2 heterocycles. The van der Waals surface area contributed by atoms with Crippen LogP contribution in [0.1, 0.15) is 50.4 Å². The highest BCUT2D eigenvalue weighted by atomic mass is 32.1. The lowest BCUT2D eigenvalue weighted by atomic mass is 9.95. The minimum atomic E-state index is -0.585. The predicted octanol–water partition coefficient (Wildman–Crippen LogP) is 3.95. The number of aryl methyl sites for hydroxylation is 1. The molecule has 0 aliphatic carbocycles. The first kappa shape index (κ1) is 24.7. The van der Waals surface area contributed by atoms with Crippen molar-refractivity contribution in [3.63, 3.8) is 0 Å². The van der Waals surface area contributed by atoms with Gasteiger partial charge in [0.05, 0.1) is 28.5 Å². The largest absolute Gasteiger partial charge is 0.463 e. The number of ether oxygens (including phenoxy) is 1. The number of carbonyl (C=O) groups excluding carboxylic acids is 1. The van der Waals surface area contributed by atoms with Crippen molar-refractivity contribution in [2.75, 3.05) is 24.6 Å². The van der Waals surface area contributed by atoms with E-state index >= 15 is 0 Å². The lowest BCUT2D eigenvalue weighted by Gasteiger charge is -2.24. The van der Waals surface area contributed by atoms with Gasteiger partial charge in [0.2, 0.25) is 0 Å². The average Bonchev–Trinajstić information content (AvgIpc) is 3.15. The Hall–Kier alpha value is -3.45. The van der Waals surface area contributed by atoms with Gasteiger partial charge in [0.1, 0.15) is 0 Å². The van der Waals surface area contributed by atoms with E-state index in [0.29, 0.717) is 20.6 Å². The van der Waals surface area contributed by atoms with Crippen LogP contribution in [0.15, 0.2) is 69.6 Å². The molecule has 0 amide bonds. The van der Waals surface area contributed by atoms with Crippen LogP contribution in [0.25, 0.3) is 6.08 Å². The van der Waals surface area contributed by atoms with E-state index in [4.69, 9.17) is 4.74 Å². The third-order valence-corrected chi connectivity index (χ3v) is 7.21. The van der Waals surface area contributed by atoms with Crippen molar-refractivity contribution in [2.24, 2.45) is 4.99 Å². The van der Waals surface area contributed by atoms with E-state index in [2.05, 4.69) is 35.9 Å². The number of fused-ring (bicyclic) bond motifs is 1. The van der Waals surface area contributed by atoms with Crippen molar-refractivity contribution in [2.45, 2.75) is 40.7 Å². The molecule has 7 heteroatoms. The molecule has 35 heavy (non-hydrogen) atoms. The van der Waals surface area contributed by atoms with Crippen LogP contribution in [0.3, 0.4) is 0 Å². The van der Waals surface area contributed by atoms with Crippen LogP contribution in [-0.4, -0.2) is 30.2 Å². The summed E-state index contributed by atoms with van der Waals surface area (Å²) in [5.74, 6) is -0.444. The van der Waals surface area contributed by atoms with Gasteiger partial charge in [-0.25, -0.2) is 9.79 Å². The van der Waals surface area contributed by atoms with Crippen LogP contribution in [0, 0.1) is 6.92 Å². The fourth-order valence-corrected chi connectivity index (χ4v) is 5.42. The van der Waals surface area contributed by atoms with Gasteiger partial charge in [-0.05, 0) is 64.0 Å². The normalized spacial score (nSPS) is 15.6. The van der Waals surface area contributed by atoms with Gasteiger partial charge in [0.25, 0.3) is 5.56 Å². The number of thiazole rings is 1. The van der Waals surface area contributed by atoms with Crippen molar-refractivity contribution < 1.29 is 9.53 Å². The topological polar surface area (TPSA) is 63.9 Å². The van der Waals surface area contributed by atoms with E-state index in [0.717, 1.165) is 35.5 Å². The summed E-state index contributed by atoms with van der Waals surface area (Å²) in [6.07, 6.45) is 1.89. The van der Waals surface area contributed by atoms with Gasteiger partial charge in [0, 0.05) is 18.8 Å². The third kappa shape index (κ3) is 4.86. The standard InChI is InChI=1S/C28H31N3O3S/c1-6-30(7-2)22-15-11-20(12-16-22)17-23-26(32)31-25(21-13-9-18(4)10-14-21)24(27(33)34-8-3)19(5)29-28(31)35-23/h9-17,25H,6-8H2,1-5H3. The van der Waals surface area contributed by atoms with Gasteiger partial charge >= 0.3 is 5.97 Å². The van der Waals surface area contributed by atoms with Crippen LogP contribution in [0.4, 0.5) is 5.69 Å². The van der Waals surface area contributed by atoms with Crippen LogP contribution in [-0.2, 0) is 9.53 Å². The predicted molar refractivity (Wildman–Crippen MR) is 142 cm³/mol. The summed E-state index contributed by atoms with van der Waals surface area (Å²) in [5.41, 5.74) is 4.86. The molecule has 4 rings (SSSR count). The minimum absolute atomic E-state index is 0.165. The molecule has 0 spiro atoms. The van der Waals surface area contributed by atoms with Gasteiger partial charge in [-0.1, -0.05) is 53.3 Å². The molecule has 0 fully saturated rings. The van der Waals surface area contributed by atoms with Gasteiger partial charge in [-0.3, -0.25) is 9.36 Å². The molecule has 0 radical (unpaired) electrons. The van der Waals surface area contributed by atoms with Crippen molar-refractivity contribution in [3.8, 4) is 0 Å². The number of aromatic nitrogens is 1. The minimum Gasteiger partial charge on any atom is -0.463 e. The molecule has 1 aromatic heterocycles. The number of hydrogen-bond donors (Lipinski definition) is 0. The number of anilines is 1. The van der Waals surface area contributed by atoms with Gasteiger partial charge in [-0.2, -0.15) is 0 Å². The van der Waals surface area contributed by atoms with Crippen LogP contribution >= 0.6 is 11.3 Å². The zero-order valence-electron chi connectivity index (χ0n) is 20.9. The number of esters is 1. The van der Waals surface area contributed by atoms with Crippen molar-refractivity contribution in [1.29, 1.82) is 0 Å². The summed E-state index contributed by atoms with van der Waals surface area (Å²) in [6.45, 7) is 12.0. The molecule has 1 atom stereocenters. The summed E-state index contributed by atoms with van der Waals surface area (Å²) in [7, 11) is 0.